The molecule has 2 rings (SSSR count). The van der Waals surface area contributed by atoms with Crippen LogP contribution in [0.15, 0.2) is 30.3 Å². The number of methoxy groups -OCH3 is 3. The van der Waals surface area contributed by atoms with E-state index in [9.17, 15) is 4.79 Å². The number of ether oxygens (including phenoxy) is 6. The van der Waals surface area contributed by atoms with Crippen LogP contribution in [0.25, 0.3) is 11.1 Å². The number of rotatable bonds is 13. The quantitative estimate of drug-likeness (QED) is 0.358. The molecule has 0 spiro atoms. The van der Waals surface area contributed by atoms with Crippen molar-refractivity contribution in [2.24, 2.45) is 0 Å². The molecule has 0 unspecified atom stereocenters. The molecular weight excluding hydrogens is 388 g/mol. The third-order valence-corrected chi connectivity index (χ3v) is 4.37. The highest BCUT2D eigenvalue weighted by molar-refractivity contribution is 6.01. The molecule has 7 heteroatoms. The van der Waals surface area contributed by atoms with Crippen molar-refractivity contribution in [1.82, 2.24) is 0 Å². The Kier molecular flexibility index (Phi) is 9.60. The van der Waals surface area contributed by atoms with Gasteiger partial charge in [-0.05, 0) is 43.5 Å². The summed E-state index contributed by atoms with van der Waals surface area (Å²) in [6.45, 7) is 4.48. The first kappa shape index (κ1) is 23.7. The molecule has 30 heavy (non-hydrogen) atoms. The molecule has 0 saturated carbocycles. The third kappa shape index (κ3) is 5.95. The Morgan fingerprint density at radius 2 is 1.60 bits per heavy atom. The van der Waals surface area contributed by atoms with Crippen molar-refractivity contribution in [2.45, 2.75) is 20.3 Å². The number of hydrogen-bond acceptors (Lipinski definition) is 7. The molecule has 164 valence electrons. The number of ketones is 1. The summed E-state index contributed by atoms with van der Waals surface area (Å²) >= 11 is 0. The lowest BCUT2D eigenvalue weighted by Gasteiger charge is -2.22. The highest BCUT2D eigenvalue weighted by atomic mass is 16.7. The molecular formula is C23H30O7. The van der Waals surface area contributed by atoms with Gasteiger partial charge in [-0.1, -0.05) is 12.1 Å². The standard InChI is InChI=1S/C23H30O7/c1-6-28-18-9-7-8-17(12-18)23-19(10-11-25-3)22(16(2)24)20(29-14-26-4)13-21(23)30-15-27-5/h7-9,12-13H,6,10-11,14-15H2,1-5H3. The van der Waals surface area contributed by atoms with Crippen LogP contribution in [0.5, 0.6) is 17.2 Å². The van der Waals surface area contributed by atoms with Gasteiger partial charge in [0.1, 0.15) is 17.2 Å². The van der Waals surface area contributed by atoms with Gasteiger partial charge in [0.2, 0.25) is 0 Å². The summed E-state index contributed by atoms with van der Waals surface area (Å²) in [5, 5.41) is 0. The van der Waals surface area contributed by atoms with Crippen molar-refractivity contribution < 1.29 is 33.2 Å². The zero-order chi connectivity index (χ0) is 21.9. The van der Waals surface area contributed by atoms with Crippen LogP contribution in [0.3, 0.4) is 0 Å². The van der Waals surface area contributed by atoms with Crippen molar-refractivity contribution in [3.05, 3.63) is 41.5 Å². The molecule has 7 nitrogen and oxygen atoms in total. The predicted octanol–water partition coefficient (Wildman–Crippen LogP) is 4.11. The van der Waals surface area contributed by atoms with E-state index in [1.807, 2.05) is 31.2 Å². The maximum atomic E-state index is 12.6. The van der Waals surface area contributed by atoms with Crippen molar-refractivity contribution in [3.63, 3.8) is 0 Å². The maximum Gasteiger partial charge on any atom is 0.188 e. The van der Waals surface area contributed by atoms with Crippen LogP contribution in [0.2, 0.25) is 0 Å². The highest BCUT2D eigenvalue weighted by Crippen LogP contribution is 2.42. The van der Waals surface area contributed by atoms with E-state index >= 15 is 0 Å². The Hall–Kier alpha value is -2.61. The van der Waals surface area contributed by atoms with E-state index in [4.69, 9.17) is 28.4 Å². The molecule has 0 heterocycles. The topological polar surface area (TPSA) is 72.5 Å². The van der Waals surface area contributed by atoms with Gasteiger partial charge in [-0.15, -0.1) is 0 Å². The Labute approximate surface area is 177 Å². The Morgan fingerprint density at radius 1 is 0.900 bits per heavy atom. The molecule has 0 N–H and O–H groups in total. The van der Waals surface area contributed by atoms with E-state index in [2.05, 4.69) is 0 Å². The van der Waals surface area contributed by atoms with Gasteiger partial charge in [-0.2, -0.15) is 0 Å². The molecule has 0 radical (unpaired) electrons. The molecule has 2 aromatic rings. The van der Waals surface area contributed by atoms with Crippen molar-refractivity contribution in [1.29, 1.82) is 0 Å². The molecule has 0 aliphatic heterocycles. The van der Waals surface area contributed by atoms with Gasteiger partial charge in [0, 0.05) is 33.0 Å². The van der Waals surface area contributed by atoms with Gasteiger partial charge in [0.25, 0.3) is 0 Å². The predicted molar refractivity (Wildman–Crippen MR) is 114 cm³/mol. The van der Waals surface area contributed by atoms with Crippen molar-refractivity contribution in [2.75, 3.05) is 48.1 Å². The van der Waals surface area contributed by atoms with Gasteiger partial charge in [-0.25, -0.2) is 0 Å². The van der Waals surface area contributed by atoms with E-state index in [1.165, 1.54) is 14.0 Å². The van der Waals surface area contributed by atoms with Crippen molar-refractivity contribution in [3.8, 4) is 28.4 Å². The summed E-state index contributed by atoms with van der Waals surface area (Å²) in [4.78, 5) is 12.6. The van der Waals surface area contributed by atoms with Gasteiger partial charge < -0.3 is 28.4 Å². The summed E-state index contributed by atoms with van der Waals surface area (Å²) in [5.74, 6) is 1.54. The molecule has 0 saturated heterocycles. The maximum absolute atomic E-state index is 12.6. The third-order valence-electron chi connectivity index (χ3n) is 4.37. The first-order chi connectivity index (χ1) is 14.6. The van der Waals surface area contributed by atoms with E-state index in [0.717, 1.165) is 22.4 Å². The van der Waals surface area contributed by atoms with Gasteiger partial charge >= 0.3 is 0 Å². The molecule has 2 aromatic carbocycles. The largest absolute Gasteiger partial charge is 0.494 e. The van der Waals surface area contributed by atoms with Crippen LogP contribution >= 0.6 is 0 Å². The molecule has 0 aromatic heterocycles. The average Bonchev–Trinajstić information content (AvgIpc) is 2.74. The fraction of sp³-hybridized carbons (Fsp3) is 0.435. The first-order valence-corrected chi connectivity index (χ1v) is 9.73. The summed E-state index contributed by atoms with van der Waals surface area (Å²) in [6.07, 6.45) is 0.493. The smallest absolute Gasteiger partial charge is 0.188 e. The normalized spacial score (nSPS) is 10.7. The first-order valence-electron chi connectivity index (χ1n) is 9.73. The minimum absolute atomic E-state index is 0.00683. The van der Waals surface area contributed by atoms with Crippen LogP contribution < -0.4 is 14.2 Å². The van der Waals surface area contributed by atoms with E-state index in [1.54, 1.807) is 20.3 Å². The summed E-state index contributed by atoms with van der Waals surface area (Å²) < 4.78 is 32.7. The SMILES string of the molecule is CCOc1cccc(-c2c(OCOC)cc(OCOC)c(C(C)=O)c2CCOC)c1. The van der Waals surface area contributed by atoms with E-state index in [-0.39, 0.29) is 19.4 Å². The summed E-state index contributed by atoms with van der Waals surface area (Å²) in [6, 6.07) is 9.37. The molecule has 0 bridgehead atoms. The number of carbonyl (C=O) groups excluding carboxylic acids is 1. The fourth-order valence-corrected chi connectivity index (χ4v) is 3.22. The lowest BCUT2D eigenvalue weighted by molar-refractivity contribution is 0.0457. The molecule has 0 amide bonds. The lowest BCUT2D eigenvalue weighted by atomic mass is 9.90. The fourth-order valence-electron chi connectivity index (χ4n) is 3.22. The van der Waals surface area contributed by atoms with Crippen LogP contribution in [0, 0.1) is 0 Å². The van der Waals surface area contributed by atoms with Crippen LogP contribution in [0.1, 0.15) is 29.8 Å². The molecule has 0 aliphatic rings. The zero-order valence-corrected chi connectivity index (χ0v) is 18.3. The number of Topliss-reactive ketones (excluding diaryl/α,β-unsaturated/α-hetero) is 1. The zero-order valence-electron chi connectivity index (χ0n) is 18.3. The van der Waals surface area contributed by atoms with Crippen LogP contribution in [0.4, 0.5) is 0 Å². The average molecular weight is 418 g/mol. The monoisotopic (exact) mass is 418 g/mol. The minimum atomic E-state index is -0.118. The number of hydrogen-bond donors (Lipinski definition) is 0. The Morgan fingerprint density at radius 3 is 2.20 bits per heavy atom. The summed E-state index contributed by atoms with van der Waals surface area (Å²) in [7, 11) is 4.69. The molecule has 0 atom stereocenters. The second-order valence-corrected chi connectivity index (χ2v) is 6.46. The van der Waals surface area contributed by atoms with Gasteiger partial charge in [0.15, 0.2) is 19.4 Å². The molecule has 0 fully saturated rings. The number of benzene rings is 2. The Bertz CT molecular complexity index is 833. The summed E-state index contributed by atoms with van der Waals surface area (Å²) in [5.41, 5.74) is 2.89. The van der Waals surface area contributed by atoms with Crippen LogP contribution in [-0.4, -0.2) is 53.9 Å². The van der Waals surface area contributed by atoms with Gasteiger partial charge in [-0.3, -0.25) is 4.79 Å². The van der Waals surface area contributed by atoms with E-state index < -0.39 is 0 Å². The second kappa shape index (κ2) is 12.2. The highest BCUT2D eigenvalue weighted by Gasteiger charge is 2.24. The van der Waals surface area contributed by atoms with Gasteiger partial charge in [0.05, 0.1) is 18.8 Å². The molecule has 0 aliphatic carbocycles. The second-order valence-electron chi connectivity index (χ2n) is 6.46. The minimum Gasteiger partial charge on any atom is -0.494 e. The van der Waals surface area contributed by atoms with Crippen molar-refractivity contribution >= 4 is 5.78 Å². The Balaban J connectivity index is 2.78. The lowest BCUT2D eigenvalue weighted by Crippen LogP contribution is -2.12. The van der Waals surface area contributed by atoms with Crippen LogP contribution in [-0.2, 0) is 20.6 Å². The van der Waals surface area contributed by atoms with E-state index in [0.29, 0.717) is 36.7 Å². The number of carbonyl (C=O) groups is 1.